The number of nitrogens with one attached hydrogen (secondary N) is 1. The number of methoxy groups -OCH3 is 1. The topological polar surface area (TPSA) is 91.0 Å². The van der Waals surface area contributed by atoms with E-state index in [0.717, 1.165) is 6.20 Å². The Morgan fingerprint density at radius 2 is 1.92 bits per heavy atom. The second-order valence-corrected chi connectivity index (χ2v) is 9.93. The van der Waals surface area contributed by atoms with Gasteiger partial charge in [0.15, 0.2) is 11.6 Å². The number of alkyl halides is 2. The van der Waals surface area contributed by atoms with Gasteiger partial charge in [0.05, 0.1) is 40.6 Å². The summed E-state index contributed by atoms with van der Waals surface area (Å²) in [5, 5.41) is 2.93. The van der Waals surface area contributed by atoms with Crippen LogP contribution in [0.1, 0.15) is 48.2 Å². The van der Waals surface area contributed by atoms with Crippen molar-refractivity contribution in [1.29, 1.82) is 0 Å². The number of carbonyl (C=O) groups excluding carboxylic acids is 1. The summed E-state index contributed by atoms with van der Waals surface area (Å²) >= 11 is 5.88. The molecule has 3 aromatic heterocycles. The van der Waals surface area contributed by atoms with Crippen LogP contribution in [0, 0.1) is 11.7 Å². The Labute approximate surface area is 226 Å². The lowest BCUT2D eigenvalue weighted by atomic mass is 9.85. The van der Waals surface area contributed by atoms with Crippen molar-refractivity contribution in [1.82, 2.24) is 24.4 Å². The van der Waals surface area contributed by atoms with E-state index >= 15 is 0 Å². The molecule has 1 aromatic carbocycles. The molecule has 204 valence electrons. The van der Waals surface area contributed by atoms with Gasteiger partial charge in [-0.3, -0.25) is 23.9 Å². The van der Waals surface area contributed by atoms with Gasteiger partial charge in [0.25, 0.3) is 12.3 Å². The summed E-state index contributed by atoms with van der Waals surface area (Å²) in [6.45, 7) is 0.418. The number of fused-ring (bicyclic) bond motifs is 1. The van der Waals surface area contributed by atoms with Gasteiger partial charge in [0.1, 0.15) is 5.69 Å². The van der Waals surface area contributed by atoms with Crippen LogP contribution >= 0.6 is 11.6 Å². The monoisotopic (exact) mass is 559 g/mol. The van der Waals surface area contributed by atoms with E-state index < -0.39 is 23.8 Å². The predicted octanol–water partition coefficient (Wildman–Crippen LogP) is 5.31. The first-order valence-electron chi connectivity index (χ1n) is 12.4. The molecule has 4 aromatic rings. The summed E-state index contributed by atoms with van der Waals surface area (Å²) in [6.07, 6.45) is 4.01. The van der Waals surface area contributed by atoms with E-state index in [0.29, 0.717) is 48.9 Å². The first-order chi connectivity index (χ1) is 18.8. The second kappa shape index (κ2) is 11.1. The maximum atomic E-state index is 14.4. The minimum atomic E-state index is -2.90. The standard InChI is InChI=1S/C27H25ClF3N5O3/c1-39-23-7-6-18(11-20(23)29)36-21-8-9-32-13-22(21)35(27(36)38)14-15-2-4-17(5-3-15)34-26(37)19-10-16(28)12-33-24(19)25(30)31/h6-13,15,17,25H,2-5,14H2,1H3,(H,34,37)/t15-,17-. The molecule has 0 aliphatic heterocycles. The molecule has 1 aliphatic rings. The zero-order valence-corrected chi connectivity index (χ0v) is 21.7. The van der Waals surface area contributed by atoms with E-state index in [9.17, 15) is 22.8 Å². The van der Waals surface area contributed by atoms with Gasteiger partial charge in [-0.15, -0.1) is 0 Å². The number of nitrogens with zero attached hydrogens (tertiary/aromatic N) is 4. The highest BCUT2D eigenvalue weighted by Gasteiger charge is 2.27. The van der Waals surface area contributed by atoms with E-state index in [1.165, 1.54) is 29.9 Å². The van der Waals surface area contributed by atoms with Crippen molar-refractivity contribution in [3.05, 3.63) is 81.5 Å². The summed E-state index contributed by atoms with van der Waals surface area (Å²) in [5.41, 5.74) is 0.449. The Bertz CT molecular complexity index is 1580. The van der Waals surface area contributed by atoms with Crippen molar-refractivity contribution in [2.24, 2.45) is 5.92 Å². The Morgan fingerprint density at radius 3 is 2.62 bits per heavy atom. The smallest absolute Gasteiger partial charge is 0.333 e. The summed E-state index contributed by atoms with van der Waals surface area (Å²) in [7, 11) is 1.37. The van der Waals surface area contributed by atoms with Crippen LogP contribution in [0.25, 0.3) is 16.7 Å². The molecule has 0 saturated heterocycles. The minimum Gasteiger partial charge on any atom is -0.494 e. The Hall–Kier alpha value is -3.86. The molecule has 39 heavy (non-hydrogen) atoms. The molecule has 1 N–H and O–H groups in total. The van der Waals surface area contributed by atoms with Crippen LogP contribution in [-0.4, -0.2) is 38.2 Å². The first-order valence-corrected chi connectivity index (χ1v) is 12.8. The van der Waals surface area contributed by atoms with Crippen molar-refractivity contribution in [2.45, 2.75) is 44.7 Å². The van der Waals surface area contributed by atoms with E-state index in [2.05, 4.69) is 15.3 Å². The van der Waals surface area contributed by atoms with Crippen LogP contribution in [0.2, 0.25) is 5.02 Å². The number of rotatable bonds is 7. The highest BCUT2D eigenvalue weighted by Crippen LogP contribution is 2.29. The fraction of sp³-hybridized carbons (Fsp3) is 0.333. The van der Waals surface area contributed by atoms with Crippen molar-refractivity contribution >= 4 is 28.5 Å². The third kappa shape index (κ3) is 5.36. The van der Waals surface area contributed by atoms with Gasteiger partial charge >= 0.3 is 5.69 Å². The molecule has 1 aliphatic carbocycles. The van der Waals surface area contributed by atoms with Gasteiger partial charge in [-0.2, -0.15) is 0 Å². The zero-order valence-electron chi connectivity index (χ0n) is 20.9. The first kappa shape index (κ1) is 26.7. The number of pyridine rings is 2. The van der Waals surface area contributed by atoms with Crippen molar-refractivity contribution in [3.63, 3.8) is 0 Å². The lowest BCUT2D eigenvalue weighted by Crippen LogP contribution is -2.39. The molecule has 1 fully saturated rings. The minimum absolute atomic E-state index is 0.0816. The normalized spacial score (nSPS) is 17.5. The van der Waals surface area contributed by atoms with E-state index in [1.54, 1.807) is 29.1 Å². The lowest BCUT2D eigenvalue weighted by molar-refractivity contribution is 0.0904. The number of ether oxygens (including phenoxy) is 1. The van der Waals surface area contributed by atoms with E-state index in [4.69, 9.17) is 16.3 Å². The Balaban J connectivity index is 1.31. The van der Waals surface area contributed by atoms with E-state index in [-0.39, 0.29) is 34.0 Å². The molecular formula is C27H25ClF3N5O3. The maximum Gasteiger partial charge on any atom is 0.333 e. The van der Waals surface area contributed by atoms with Crippen LogP contribution in [0.4, 0.5) is 13.2 Å². The molecule has 1 saturated carbocycles. The molecule has 12 heteroatoms. The van der Waals surface area contributed by atoms with Gasteiger partial charge in [-0.25, -0.2) is 18.0 Å². The van der Waals surface area contributed by atoms with Gasteiger partial charge in [-0.05, 0) is 55.9 Å². The summed E-state index contributed by atoms with van der Waals surface area (Å²) in [5.74, 6) is -1.00. The average molecular weight is 560 g/mol. The van der Waals surface area contributed by atoms with Crippen molar-refractivity contribution in [2.75, 3.05) is 7.11 Å². The average Bonchev–Trinajstić information content (AvgIpc) is 3.20. The molecule has 8 nitrogen and oxygen atoms in total. The van der Waals surface area contributed by atoms with Gasteiger partial charge in [0.2, 0.25) is 0 Å². The van der Waals surface area contributed by atoms with Gasteiger partial charge in [0, 0.05) is 31.0 Å². The van der Waals surface area contributed by atoms with E-state index in [1.807, 2.05) is 0 Å². The molecule has 1 amide bonds. The fourth-order valence-corrected chi connectivity index (χ4v) is 5.30. The van der Waals surface area contributed by atoms with Crippen LogP contribution < -0.4 is 15.7 Å². The third-order valence-corrected chi connectivity index (χ3v) is 7.29. The second-order valence-electron chi connectivity index (χ2n) is 9.49. The van der Waals surface area contributed by atoms with Crippen molar-refractivity contribution < 1.29 is 22.7 Å². The summed E-state index contributed by atoms with van der Waals surface area (Å²) in [6, 6.07) is 7.05. The zero-order chi connectivity index (χ0) is 27.7. The number of amides is 1. The van der Waals surface area contributed by atoms with Crippen molar-refractivity contribution in [3.8, 4) is 11.4 Å². The number of benzene rings is 1. The quantitative estimate of drug-likeness (QED) is 0.331. The number of imidazole rings is 1. The number of carbonyl (C=O) groups is 1. The maximum absolute atomic E-state index is 14.4. The van der Waals surface area contributed by atoms with Crippen LogP contribution in [0.3, 0.4) is 0 Å². The molecule has 5 rings (SSSR count). The fourth-order valence-electron chi connectivity index (χ4n) is 5.14. The molecule has 0 spiro atoms. The SMILES string of the molecule is COc1ccc(-n2c(=O)n(C[C@H]3CC[C@H](NC(=O)c4cc(Cl)cnc4C(F)F)CC3)c3cnccc32)cc1F. The Kier molecular flexibility index (Phi) is 7.60. The van der Waals surface area contributed by atoms with Crippen LogP contribution in [-0.2, 0) is 6.54 Å². The molecule has 3 heterocycles. The highest BCUT2D eigenvalue weighted by molar-refractivity contribution is 6.30. The molecule has 0 radical (unpaired) electrons. The van der Waals surface area contributed by atoms with Gasteiger partial charge < -0.3 is 10.1 Å². The molecular weight excluding hydrogens is 535 g/mol. The molecule has 0 atom stereocenters. The Morgan fingerprint density at radius 1 is 1.15 bits per heavy atom. The number of hydrogen-bond donors (Lipinski definition) is 1. The molecule has 0 unspecified atom stereocenters. The lowest BCUT2D eigenvalue weighted by Gasteiger charge is -2.29. The van der Waals surface area contributed by atoms with Gasteiger partial charge in [-0.1, -0.05) is 11.6 Å². The number of hydrogen-bond acceptors (Lipinski definition) is 5. The molecule has 0 bridgehead atoms. The summed E-state index contributed by atoms with van der Waals surface area (Å²) < 4.78 is 49.1. The largest absolute Gasteiger partial charge is 0.494 e. The highest BCUT2D eigenvalue weighted by atomic mass is 35.5. The summed E-state index contributed by atoms with van der Waals surface area (Å²) in [4.78, 5) is 34.0. The van der Waals surface area contributed by atoms with Crippen LogP contribution in [0.15, 0.2) is 53.7 Å². The predicted molar refractivity (Wildman–Crippen MR) is 139 cm³/mol. The van der Waals surface area contributed by atoms with Crippen LogP contribution in [0.5, 0.6) is 5.75 Å². The third-order valence-electron chi connectivity index (χ3n) is 7.08. The number of aromatic nitrogens is 4. The number of halogens is 4.